The van der Waals surface area contributed by atoms with Gasteiger partial charge in [-0.25, -0.2) is 4.79 Å². The summed E-state index contributed by atoms with van der Waals surface area (Å²) in [6, 6.07) is 0. The molecular formula is C21H49O9PSi5. The molecule has 2 heterocycles. The van der Waals surface area contributed by atoms with Crippen LogP contribution in [0, 0.1) is 0 Å². The van der Waals surface area contributed by atoms with Gasteiger partial charge in [0.05, 0.1) is 6.61 Å². The molecule has 4 atom stereocenters. The molecule has 0 aromatic rings. The van der Waals surface area contributed by atoms with Crippen LogP contribution in [0.1, 0.15) is 0 Å². The summed E-state index contributed by atoms with van der Waals surface area (Å²) < 4.78 is 60.6. The van der Waals surface area contributed by atoms with E-state index < -0.39 is 78.5 Å². The van der Waals surface area contributed by atoms with Crippen LogP contribution >= 0.6 is 7.60 Å². The van der Waals surface area contributed by atoms with E-state index in [1.54, 1.807) is 0 Å². The van der Waals surface area contributed by atoms with Gasteiger partial charge in [0.1, 0.15) is 6.10 Å². The number of rotatable bonds is 11. The van der Waals surface area contributed by atoms with Crippen molar-refractivity contribution in [1.29, 1.82) is 0 Å². The van der Waals surface area contributed by atoms with Crippen LogP contribution in [0.4, 0.5) is 0 Å². The number of hydrogen-bond donors (Lipinski definition) is 0. The third-order valence-electron chi connectivity index (χ3n) is 4.75. The zero-order valence-electron chi connectivity index (χ0n) is 25.0. The Hall–Kier alpha value is 0.544. The standard InChI is InChI=1S/C21H49O9PSi5/c1-32(2,3)26-17-16-24-20(27-33(4,5)6)18(17)25-19(22)21(20,28-34(7,8)9)31(23,29-35(10,11)12)30-36(13,14)15/h17-18H,16H2,1-15H3/t17-,18+,20+,21+/m0/s1. The molecule has 0 amide bonds. The molecule has 0 bridgehead atoms. The highest BCUT2D eigenvalue weighted by atomic mass is 31.2. The summed E-state index contributed by atoms with van der Waals surface area (Å²) >= 11 is 0. The zero-order chi connectivity index (χ0) is 28.4. The van der Waals surface area contributed by atoms with Crippen LogP contribution in [0.2, 0.25) is 98.2 Å². The Labute approximate surface area is 223 Å². The second-order valence-electron chi connectivity index (χ2n) is 14.6. The van der Waals surface area contributed by atoms with Crippen molar-refractivity contribution in [3.63, 3.8) is 0 Å². The average molecular weight is 617 g/mol. The molecule has 0 aromatic carbocycles. The molecule has 2 aliphatic heterocycles. The van der Waals surface area contributed by atoms with E-state index in [0.717, 1.165) is 0 Å². The number of esters is 1. The van der Waals surface area contributed by atoms with Crippen LogP contribution in [-0.2, 0) is 40.5 Å². The average Bonchev–Trinajstić information content (AvgIpc) is 2.94. The Bertz CT molecular complexity index is 865. The molecule has 2 rings (SSSR count). The van der Waals surface area contributed by atoms with E-state index >= 15 is 4.57 Å². The summed E-state index contributed by atoms with van der Waals surface area (Å²) in [6.45, 7) is 29.5. The maximum Gasteiger partial charge on any atom is 0.359 e. The summed E-state index contributed by atoms with van der Waals surface area (Å²) in [7, 11) is -16.7. The smallest absolute Gasteiger partial charge is 0.359 e. The molecule has 2 saturated heterocycles. The van der Waals surface area contributed by atoms with Gasteiger partial charge in [-0.1, -0.05) is 0 Å². The second-order valence-corrected chi connectivity index (χ2v) is 39.4. The Morgan fingerprint density at radius 1 is 0.722 bits per heavy atom. The molecule has 36 heavy (non-hydrogen) atoms. The molecule has 15 heteroatoms. The lowest BCUT2D eigenvalue weighted by molar-refractivity contribution is -0.224. The fourth-order valence-corrected chi connectivity index (χ4v) is 17.3. The maximum absolute atomic E-state index is 15.3. The van der Waals surface area contributed by atoms with Gasteiger partial charge in [0.15, 0.2) is 47.7 Å². The van der Waals surface area contributed by atoms with E-state index in [9.17, 15) is 4.79 Å². The Morgan fingerprint density at radius 3 is 1.53 bits per heavy atom. The second kappa shape index (κ2) is 9.87. The third-order valence-corrected chi connectivity index (χ3v) is 15.4. The van der Waals surface area contributed by atoms with Crippen molar-refractivity contribution in [3.8, 4) is 0 Å². The number of hydrogen-bond acceptors (Lipinski definition) is 9. The first kappa shape index (κ1) is 32.8. The van der Waals surface area contributed by atoms with E-state index in [1.807, 2.05) is 78.6 Å². The summed E-state index contributed by atoms with van der Waals surface area (Å²) in [4.78, 5) is 14.2. The molecule has 0 unspecified atom stereocenters. The van der Waals surface area contributed by atoms with E-state index in [2.05, 4.69) is 19.6 Å². The van der Waals surface area contributed by atoms with Crippen molar-refractivity contribution in [2.45, 2.75) is 122 Å². The van der Waals surface area contributed by atoms with E-state index in [-0.39, 0.29) is 6.61 Å². The molecule has 0 aliphatic carbocycles. The van der Waals surface area contributed by atoms with Gasteiger partial charge in [-0.3, -0.25) is 4.57 Å². The number of carbonyl (C=O) groups excluding carboxylic acids is 1. The topological polar surface area (TPSA) is 98.8 Å². The predicted octanol–water partition coefficient (Wildman–Crippen LogP) is 6.15. The lowest BCUT2D eigenvalue weighted by Gasteiger charge is -2.49. The quantitative estimate of drug-likeness (QED) is 0.154. The van der Waals surface area contributed by atoms with Gasteiger partial charge in [-0.05, 0) is 98.2 Å². The Morgan fingerprint density at radius 2 is 1.17 bits per heavy atom. The van der Waals surface area contributed by atoms with Crippen LogP contribution in [0.3, 0.4) is 0 Å². The highest BCUT2D eigenvalue weighted by Gasteiger charge is 2.85. The van der Waals surface area contributed by atoms with Crippen LogP contribution in [0.5, 0.6) is 0 Å². The van der Waals surface area contributed by atoms with Crippen molar-refractivity contribution in [1.82, 2.24) is 0 Å². The highest BCUT2D eigenvalue weighted by Crippen LogP contribution is 2.73. The Balaban J connectivity index is 2.95. The first-order valence-electron chi connectivity index (χ1n) is 12.6. The van der Waals surface area contributed by atoms with Gasteiger partial charge < -0.3 is 31.2 Å². The van der Waals surface area contributed by atoms with Gasteiger partial charge in [0, 0.05) is 0 Å². The van der Waals surface area contributed by atoms with Crippen molar-refractivity contribution in [3.05, 3.63) is 0 Å². The first-order valence-corrected chi connectivity index (χ1v) is 31.2. The maximum atomic E-state index is 15.3. The van der Waals surface area contributed by atoms with Gasteiger partial charge in [0.2, 0.25) is 0 Å². The summed E-state index contributed by atoms with van der Waals surface area (Å²) in [5, 5.41) is -2.23. The van der Waals surface area contributed by atoms with E-state index in [1.165, 1.54) is 0 Å². The Kier molecular flexibility index (Phi) is 8.98. The monoisotopic (exact) mass is 616 g/mol. The first-order chi connectivity index (χ1) is 15.7. The van der Waals surface area contributed by atoms with Crippen molar-refractivity contribution < 1.29 is 40.5 Å². The minimum Gasteiger partial charge on any atom is -0.451 e. The molecule has 0 radical (unpaired) electrons. The SMILES string of the molecule is C[Si](C)(C)O[C@H]1CO[C@@]2(O[Si](C)(C)C)[C@@H]1OC(=O)[C@@]2(O[Si](C)(C)C)P(=O)(O[Si](C)(C)C)O[Si](C)(C)C. The van der Waals surface area contributed by atoms with Gasteiger partial charge >= 0.3 is 18.9 Å². The summed E-state index contributed by atoms with van der Waals surface area (Å²) in [5.41, 5.74) is 0. The molecule has 0 aromatic heterocycles. The summed E-state index contributed by atoms with van der Waals surface area (Å²) in [5.74, 6) is -2.65. The van der Waals surface area contributed by atoms with Crippen LogP contribution in [0.15, 0.2) is 0 Å². The van der Waals surface area contributed by atoms with Crippen LogP contribution in [0.25, 0.3) is 0 Å². The zero-order valence-corrected chi connectivity index (χ0v) is 30.9. The fraction of sp³-hybridized carbons (Fsp3) is 0.952. The normalized spacial score (nSPS) is 30.5. The molecule has 9 nitrogen and oxygen atoms in total. The van der Waals surface area contributed by atoms with Crippen molar-refractivity contribution >= 4 is 55.2 Å². The minimum absolute atomic E-state index is 0.114. The molecule has 0 saturated carbocycles. The molecule has 0 N–H and O–H groups in total. The van der Waals surface area contributed by atoms with Gasteiger partial charge in [-0.2, -0.15) is 0 Å². The molecular weight excluding hydrogens is 568 g/mol. The number of fused-ring (bicyclic) bond motifs is 1. The number of ether oxygens (including phenoxy) is 2. The lowest BCUT2D eigenvalue weighted by Crippen LogP contribution is -2.67. The van der Waals surface area contributed by atoms with E-state index in [0.29, 0.717) is 0 Å². The molecule has 2 fully saturated rings. The van der Waals surface area contributed by atoms with Crippen molar-refractivity contribution in [2.75, 3.05) is 6.61 Å². The van der Waals surface area contributed by atoms with Gasteiger partial charge in [-0.15, -0.1) is 0 Å². The van der Waals surface area contributed by atoms with E-state index in [4.69, 9.17) is 31.2 Å². The van der Waals surface area contributed by atoms with Crippen LogP contribution < -0.4 is 0 Å². The fourth-order valence-electron chi connectivity index (χ4n) is 4.35. The summed E-state index contributed by atoms with van der Waals surface area (Å²) in [6.07, 6.45) is -1.56. The minimum atomic E-state index is -4.40. The predicted molar refractivity (Wildman–Crippen MR) is 155 cm³/mol. The number of carbonyl (C=O) groups is 1. The largest absolute Gasteiger partial charge is 0.451 e. The molecule has 2 aliphatic rings. The molecule has 0 spiro atoms. The van der Waals surface area contributed by atoms with Crippen LogP contribution in [-0.4, -0.2) is 77.5 Å². The molecule has 212 valence electrons. The van der Waals surface area contributed by atoms with Gasteiger partial charge in [0.25, 0.3) is 5.79 Å². The lowest BCUT2D eigenvalue weighted by atomic mass is 10.1. The van der Waals surface area contributed by atoms with Crippen molar-refractivity contribution in [2.24, 2.45) is 0 Å². The third kappa shape index (κ3) is 7.19. The highest BCUT2D eigenvalue weighted by molar-refractivity contribution is 7.60.